The van der Waals surface area contributed by atoms with Gasteiger partial charge in [0.25, 0.3) is 0 Å². The predicted molar refractivity (Wildman–Crippen MR) is 446 cm³/mol. The van der Waals surface area contributed by atoms with Crippen LogP contribution in [0.1, 0.15) is 99.3 Å². The molecule has 0 saturated carbocycles. The van der Waals surface area contributed by atoms with Crippen LogP contribution in [0.5, 0.6) is 0 Å². The first-order valence-electron chi connectivity index (χ1n) is 35.3. The predicted octanol–water partition coefficient (Wildman–Crippen LogP) is 20.8. The molecule has 8 heterocycles. The number of hydrogen-bond acceptors (Lipinski definition) is 14. The molecule has 0 atom stereocenters. The molecule has 21 rings (SSSR count). The first-order valence-corrected chi connectivity index (χ1v) is 40.2. The van der Waals surface area contributed by atoms with Crippen LogP contribution in [0, 0.1) is 55.4 Å². The van der Waals surface area contributed by atoms with Gasteiger partial charge in [0.15, 0.2) is 21.7 Å². The lowest BCUT2D eigenvalue weighted by molar-refractivity contribution is 0.766. The van der Waals surface area contributed by atoms with E-state index in [0.29, 0.717) is 43.4 Å². The molecular formula is C92H58N4O4S6. The lowest BCUT2D eigenvalue weighted by Gasteiger charge is -2.35. The van der Waals surface area contributed by atoms with Gasteiger partial charge in [-0.15, -0.1) is 68.0 Å². The molecule has 2 aliphatic carbocycles. The minimum atomic E-state index is -0.807. The smallest absolute Gasteiger partial charge is 0.197 e. The van der Waals surface area contributed by atoms with Gasteiger partial charge in [0.1, 0.15) is 22.1 Å². The Morgan fingerprint density at radius 2 is 0.623 bits per heavy atom. The van der Waals surface area contributed by atoms with Crippen molar-refractivity contribution in [2.45, 2.75) is 66.2 Å². The molecule has 0 amide bonds. The number of benzene rings is 11. The van der Waals surface area contributed by atoms with Crippen LogP contribution in [-0.2, 0) is 10.8 Å². The largest absolute Gasteiger partial charge is 0.288 e. The number of rotatable bonds is 8. The Balaban J connectivity index is 0.810. The Kier molecular flexibility index (Phi) is 13.7. The molecule has 11 aromatic carbocycles. The van der Waals surface area contributed by atoms with E-state index in [0.717, 1.165) is 83.2 Å². The third-order valence-corrected chi connectivity index (χ3v) is 30.1. The van der Waals surface area contributed by atoms with E-state index < -0.39 is 10.8 Å². The number of aryl methyl sites for hydroxylation is 8. The molecule has 8 aromatic heterocycles. The molecule has 14 heteroatoms. The first-order chi connectivity index (χ1) is 51.4. The topological polar surface area (TPSA) is 120 Å². The van der Waals surface area contributed by atoms with Gasteiger partial charge in [-0.3, -0.25) is 19.2 Å². The van der Waals surface area contributed by atoms with Crippen LogP contribution < -0.4 is 32.2 Å². The Hall–Kier alpha value is -10.9. The zero-order valence-electron chi connectivity index (χ0n) is 58.5. The van der Waals surface area contributed by atoms with Crippen molar-refractivity contribution >= 4 is 164 Å². The van der Waals surface area contributed by atoms with Crippen LogP contribution in [0.15, 0.2) is 213 Å². The lowest BCUT2D eigenvalue weighted by atomic mass is 9.65. The maximum absolute atomic E-state index is 14.6. The van der Waals surface area contributed by atoms with Crippen LogP contribution >= 0.6 is 68.0 Å². The maximum atomic E-state index is 14.6. The second-order valence-electron chi connectivity index (χ2n) is 28.8. The molecule has 0 N–H and O–H groups in total. The Bertz CT molecular complexity index is 6840. The summed E-state index contributed by atoms with van der Waals surface area (Å²) in [4.78, 5) is 87.4. The molecule has 8 nitrogen and oxygen atoms in total. The zero-order valence-corrected chi connectivity index (χ0v) is 63.4. The van der Waals surface area contributed by atoms with Gasteiger partial charge in [0, 0.05) is 72.4 Å². The third-order valence-electron chi connectivity index (χ3n) is 22.6. The summed E-state index contributed by atoms with van der Waals surface area (Å²) < 4.78 is 4.70. The van der Waals surface area contributed by atoms with E-state index in [1.165, 1.54) is 97.0 Å². The maximum Gasteiger partial charge on any atom is 0.197 e. The van der Waals surface area contributed by atoms with Gasteiger partial charge in [0.2, 0.25) is 0 Å². The van der Waals surface area contributed by atoms with Crippen LogP contribution in [-0.4, -0.2) is 19.9 Å². The minimum Gasteiger partial charge on any atom is -0.288 e. The number of thiophene rings is 6. The van der Waals surface area contributed by atoms with Crippen molar-refractivity contribution in [1.82, 2.24) is 19.9 Å². The zero-order chi connectivity index (χ0) is 71.8. The third kappa shape index (κ3) is 8.70. The molecule has 506 valence electrons. The van der Waals surface area contributed by atoms with Crippen molar-refractivity contribution in [3.63, 3.8) is 0 Å². The van der Waals surface area contributed by atoms with Crippen molar-refractivity contribution in [2.24, 2.45) is 0 Å². The molecule has 19 aromatic rings. The van der Waals surface area contributed by atoms with E-state index >= 15 is 0 Å². The van der Waals surface area contributed by atoms with Crippen molar-refractivity contribution < 1.29 is 0 Å². The molecule has 0 saturated heterocycles. The highest BCUT2D eigenvalue weighted by Gasteiger charge is 2.54. The SMILES string of the molecule is Cc1ccc(C2(c3ccc(C)cc3)c3cc4c(cc3-c3sc5cc(-c6sc(C=c7c(=O)c8cccc9cccc(c7=O)c98)c7nc(C)c(C)nc67)sc5c32)C(c2ccc(C)cc2)(c2ccc(C)cc2)c2c-4sc3cc(-c4sc(C=c5c(=O)c6cccc7cccc(c5=O)c76)c5nc(C)c(C)nc45)sc23)cc1. The number of hydrogen-bond donors (Lipinski definition) is 0. The standard InChI is InChI=1S/C92H58N4O4S6/c1-43-21-29-53(30-22-43)91(54-31-23-44(2)24-32-54)65-37-62-66(38-61(65)85-75(91)87-69(103-85)41-71(105-87)89-79-77(93-47(5)49(7)95-79)67(101-89)39-63-81(97)57-17-9-13-51-14-10-18-58(73(51)57)82(63)98)92(55-33-25-45(3)26-34-55,56-35-27-46(4)28-36-56)76-86(62)104-70-42-72(106-88(70)76)90-80-78(94-48(6)50(8)96-80)68(102-90)40-64-83(99)59-19-11-15-52-16-12-20-60(74(52)59)84(64)100/h9-42H,1-8H3. The summed E-state index contributed by atoms with van der Waals surface area (Å²) in [5, 5.41) is 5.49. The molecule has 0 radical (unpaired) electrons. The Morgan fingerprint density at radius 1 is 0.321 bits per heavy atom. The van der Waals surface area contributed by atoms with Crippen LogP contribution in [0.3, 0.4) is 0 Å². The van der Waals surface area contributed by atoms with Crippen molar-refractivity contribution in [2.75, 3.05) is 0 Å². The highest BCUT2D eigenvalue weighted by atomic mass is 32.1. The highest BCUT2D eigenvalue weighted by Crippen LogP contribution is 2.69. The second kappa shape index (κ2) is 22.8. The Morgan fingerprint density at radius 3 is 0.934 bits per heavy atom. The summed E-state index contributed by atoms with van der Waals surface area (Å²) >= 11 is 10.4. The molecule has 2 aliphatic rings. The van der Waals surface area contributed by atoms with Gasteiger partial charge >= 0.3 is 0 Å². The Labute approximate surface area is 630 Å². The van der Waals surface area contributed by atoms with Gasteiger partial charge < -0.3 is 0 Å². The second-order valence-corrected chi connectivity index (χ2v) is 35.1. The molecule has 0 aliphatic heterocycles. The molecule has 106 heavy (non-hydrogen) atoms. The molecule has 0 spiro atoms. The van der Waals surface area contributed by atoms with Gasteiger partial charge in [-0.05, 0) is 147 Å². The molecule has 0 bridgehead atoms. The van der Waals surface area contributed by atoms with Gasteiger partial charge in [-0.1, -0.05) is 192 Å². The molecular weight excluding hydrogens is 1420 g/mol. The quantitative estimate of drug-likeness (QED) is 0.148. The minimum absolute atomic E-state index is 0.126. The fourth-order valence-corrected chi connectivity index (χ4v) is 25.2. The van der Waals surface area contributed by atoms with Crippen LogP contribution in [0.4, 0.5) is 0 Å². The first kappa shape index (κ1) is 63.5. The van der Waals surface area contributed by atoms with Gasteiger partial charge in [-0.25, -0.2) is 19.9 Å². The summed E-state index contributed by atoms with van der Waals surface area (Å²) in [7, 11) is 0. The summed E-state index contributed by atoms with van der Waals surface area (Å²) in [6, 6.07) is 69.4. The normalized spacial score (nSPS) is 13.6. The average Bonchev–Trinajstić information content (AvgIpc) is 1.49. The summed E-state index contributed by atoms with van der Waals surface area (Å²) in [6.45, 7) is 16.6. The van der Waals surface area contributed by atoms with Gasteiger partial charge in [0.05, 0.1) is 73.0 Å². The van der Waals surface area contributed by atoms with E-state index in [-0.39, 0.29) is 32.2 Å². The fraction of sp³-hybridized carbons (Fsp3) is 0.109. The number of fused-ring (bicyclic) bond motifs is 12. The highest BCUT2D eigenvalue weighted by molar-refractivity contribution is 7.34. The van der Waals surface area contributed by atoms with E-state index in [4.69, 9.17) is 19.9 Å². The van der Waals surface area contributed by atoms with Gasteiger partial charge in [-0.2, -0.15) is 0 Å². The molecule has 0 unspecified atom stereocenters. The summed E-state index contributed by atoms with van der Waals surface area (Å²) in [5.41, 5.74) is 20.0. The number of aromatic nitrogens is 4. The summed E-state index contributed by atoms with van der Waals surface area (Å²) in [6.07, 6.45) is 3.56. The van der Waals surface area contributed by atoms with E-state index in [2.05, 4.69) is 149 Å². The monoisotopic (exact) mass is 1470 g/mol. The van der Waals surface area contributed by atoms with Crippen molar-refractivity contribution in [3.05, 3.63) is 345 Å². The molecule has 0 fully saturated rings. The van der Waals surface area contributed by atoms with E-state index in [9.17, 15) is 19.2 Å². The fourth-order valence-electron chi connectivity index (χ4n) is 17.2. The van der Waals surface area contributed by atoms with Crippen molar-refractivity contribution in [1.29, 1.82) is 0 Å². The lowest BCUT2D eigenvalue weighted by Crippen LogP contribution is -2.38. The van der Waals surface area contributed by atoms with Crippen molar-refractivity contribution in [3.8, 4) is 40.4 Å². The van der Waals surface area contributed by atoms with E-state index in [1.54, 1.807) is 57.5 Å². The average molecular weight is 1480 g/mol. The van der Waals surface area contributed by atoms with E-state index in [1.807, 2.05) is 123 Å². The number of nitrogens with zero attached hydrogens (tertiary/aromatic N) is 4. The van der Waals surface area contributed by atoms with Crippen LogP contribution in [0.25, 0.3) is 136 Å². The van der Waals surface area contributed by atoms with Crippen LogP contribution in [0.2, 0.25) is 0 Å². The summed E-state index contributed by atoms with van der Waals surface area (Å²) in [5.74, 6) is 0.